The monoisotopic (exact) mass is 362 g/mol. The second kappa shape index (κ2) is 9.72. The number of rotatable bonds is 5. The van der Waals surface area contributed by atoms with Gasteiger partial charge in [-0.05, 0) is 24.6 Å². The molecule has 4 nitrogen and oxygen atoms in total. The van der Waals surface area contributed by atoms with Gasteiger partial charge in [0.1, 0.15) is 5.75 Å². The van der Waals surface area contributed by atoms with Crippen LogP contribution in [0.3, 0.4) is 0 Å². The van der Waals surface area contributed by atoms with E-state index in [0.29, 0.717) is 18.9 Å². The van der Waals surface area contributed by atoms with E-state index in [2.05, 4.69) is 21.2 Å². The highest BCUT2D eigenvalue weighted by atomic mass is 35.6. The predicted octanol–water partition coefficient (Wildman–Crippen LogP) is 5.17. The third-order valence-electron chi connectivity index (χ3n) is 2.67. The maximum Gasteiger partial charge on any atom is 0.239 e. The number of hydrogen-bond donors (Lipinski definition) is 0. The normalized spacial score (nSPS) is 12.0. The Balaban J connectivity index is 0.000000287. The molecule has 22 heavy (non-hydrogen) atoms. The van der Waals surface area contributed by atoms with E-state index in [4.69, 9.17) is 39.5 Å². The summed E-state index contributed by atoms with van der Waals surface area (Å²) in [4.78, 5) is 0. The molecule has 1 aromatic heterocycles. The molecule has 0 amide bonds. The Morgan fingerprint density at radius 1 is 1.32 bits per heavy atom. The lowest BCUT2D eigenvalue weighted by molar-refractivity contribution is 0.284. The van der Waals surface area contributed by atoms with Crippen LogP contribution in [0.2, 0.25) is 0 Å². The average molecular weight is 364 g/mol. The fourth-order valence-electron chi connectivity index (χ4n) is 1.30. The van der Waals surface area contributed by atoms with Gasteiger partial charge in [-0.2, -0.15) is 0 Å². The fourth-order valence-corrected chi connectivity index (χ4v) is 1.63. The van der Waals surface area contributed by atoms with E-state index in [1.54, 1.807) is 0 Å². The maximum atomic E-state index is 5.74. The lowest BCUT2D eigenvalue weighted by atomic mass is 10.1. The van der Waals surface area contributed by atoms with E-state index in [1.807, 2.05) is 37.3 Å². The largest absolute Gasteiger partial charge is 0.494 e. The van der Waals surface area contributed by atoms with E-state index < -0.39 is 3.79 Å². The first-order chi connectivity index (χ1) is 10.4. The van der Waals surface area contributed by atoms with E-state index >= 15 is 0 Å². The molecule has 0 saturated carbocycles. The Kier molecular flexibility index (Phi) is 8.31. The fraction of sp³-hybridized carbons (Fsp3) is 0.333. The van der Waals surface area contributed by atoms with Gasteiger partial charge in [0.05, 0.1) is 6.61 Å². The molecule has 0 fully saturated rings. The SMILES string of the molecule is C=Cc1nnco1.CC(CCOc1ccccc1)C(Cl)(Cl)Cl. The summed E-state index contributed by atoms with van der Waals surface area (Å²) < 4.78 is 8.93. The van der Waals surface area contributed by atoms with E-state index in [9.17, 15) is 0 Å². The zero-order valence-electron chi connectivity index (χ0n) is 12.1. The second-order valence-electron chi connectivity index (χ2n) is 4.37. The molecule has 0 saturated heterocycles. The molecule has 0 bridgehead atoms. The van der Waals surface area contributed by atoms with Crippen LogP contribution in [0.4, 0.5) is 0 Å². The molecule has 0 aliphatic rings. The van der Waals surface area contributed by atoms with Gasteiger partial charge in [0.25, 0.3) is 0 Å². The number of benzene rings is 1. The molecular weight excluding hydrogens is 347 g/mol. The number of hydrogen-bond acceptors (Lipinski definition) is 4. The highest BCUT2D eigenvalue weighted by molar-refractivity contribution is 6.67. The van der Waals surface area contributed by atoms with Crippen molar-refractivity contribution in [3.05, 3.63) is 49.2 Å². The van der Waals surface area contributed by atoms with Crippen LogP contribution in [-0.4, -0.2) is 20.6 Å². The molecule has 1 unspecified atom stereocenters. The molecule has 2 rings (SSSR count). The number of para-hydroxylation sites is 1. The van der Waals surface area contributed by atoms with Crippen molar-refractivity contribution in [2.24, 2.45) is 5.92 Å². The molecule has 1 heterocycles. The number of halogens is 3. The standard InChI is InChI=1S/C11H13Cl3O.C4H4N2O/c1-9(11(12,13)14)7-8-15-10-5-3-2-4-6-10;1-2-4-6-5-3-7-4/h2-6,9H,7-8H2,1H3;2-3H,1H2. The van der Waals surface area contributed by atoms with Crippen molar-refractivity contribution >= 4 is 40.9 Å². The van der Waals surface area contributed by atoms with Gasteiger partial charge in [0, 0.05) is 5.92 Å². The Hall–Kier alpha value is -1.23. The van der Waals surface area contributed by atoms with E-state index in [0.717, 1.165) is 5.75 Å². The molecule has 0 aliphatic heterocycles. The lowest BCUT2D eigenvalue weighted by Gasteiger charge is -2.19. The van der Waals surface area contributed by atoms with Gasteiger partial charge in [-0.25, -0.2) is 0 Å². The van der Waals surface area contributed by atoms with Gasteiger partial charge in [-0.1, -0.05) is 66.5 Å². The first-order valence-corrected chi connectivity index (χ1v) is 7.70. The van der Waals surface area contributed by atoms with Crippen LogP contribution < -0.4 is 4.74 Å². The maximum absolute atomic E-state index is 5.74. The van der Waals surface area contributed by atoms with Crippen molar-refractivity contribution in [1.29, 1.82) is 0 Å². The Morgan fingerprint density at radius 3 is 2.45 bits per heavy atom. The molecule has 2 aromatic rings. The lowest BCUT2D eigenvalue weighted by Crippen LogP contribution is -2.18. The molecule has 0 aliphatic carbocycles. The highest BCUT2D eigenvalue weighted by Crippen LogP contribution is 2.36. The van der Waals surface area contributed by atoms with Crippen LogP contribution in [0, 0.1) is 5.92 Å². The van der Waals surface area contributed by atoms with Gasteiger partial charge in [0.2, 0.25) is 12.3 Å². The van der Waals surface area contributed by atoms with Gasteiger partial charge in [-0.15, -0.1) is 10.2 Å². The van der Waals surface area contributed by atoms with Crippen molar-refractivity contribution in [2.45, 2.75) is 17.1 Å². The van der Waals surface area contributed by atoms with Gasteiger partial charge >= 0.3 is 0 Å². The molecule has 1 atom stereocenters. The highest BCUT2D eigenvalue weighted by Gasteiger charge is 2.28. The van der Waals surface area contributed by atoms with Crippen molar-refractivity contribution in [1.82, 2.24) is 10.2 Å². The number of nitrogens with zero attached hydrogens (tertiary/aromatic N) is 2. The zero-order valence-corrected chi connectivity index (χ0v) is 14.4. The van der Waals surface area contributed by atoms with Crippen molar-refractivity contribution < 1.29 is 9.15 Å². The van der Waals surface area contributed by atoms with Crippen LogP contribution >= 0.6 is 34.8 Å². The van der Waals surface area contributed by atoms with Crippen LogP contribution in [0.15, 0.2) is 47.7 Å². The minimum absolute atomic E-state index is 0.0220. The average Bonchev–Trinajstić information content (AvgIpc) is 3.01. The zero-order chi connectivity index (χ0) is 16.4. The molecule has 0 N–H and O–H groups in total. The topological polar surface area (TPSA) is 48.2 Å². The van der Waals surface area contributed by atoms with Gasteiger partial charge < -0.3 is 9.15 Å². The summed E-state index contributed by atoms with van der Waals surface area (Å²) in [5.41, 5.74) is 0. The minimum Gasteiger partial charge on any atom is -0.494 e. The molecule has 1 aromatic carbocycles. The van der Waals surface area contributed by atoms with E-state index in [1.165, 1.54) is 12.5 Å². The van der Waals surface area contributed by atoms with Crippen LogP contribution in [0.25, 0.3) is 6.08 Å². The summed E-state index contributed by atoms with van der Waals surface area (Å²) in [6.07, 6.45) is 3.47. The summed E-state index contributed by atoms with van der Waals surface area (Å²) in [5.74, 6) is 1.28. The van der Waals surface area contributed by atoms with Gasteiger partial charge in [0.15, 0.2) is 3.79 Å². The summed E-state index contributed by atoms with van der Waals surface area (Å²) in [5, 5.41) is 6.91. The Bertz CT molecular complexity index is 527. The minimum atomic E-state index is -1.21. The van der Waals surface area contributed by atoms with E-state index in [-0.39, 0.29) is 5.92 Å². The second-order valence-corrected chi connectivity index (χ2v) is 6.74. The van der Waals surface area contributed by atoms with Crippen molar-refractivity contribution in [3.8, 4) is 5.75 Å². The smallest absolute Gasteiger partial charge is 0.239 e. The summed E-state index contributed by atoms with van der Waals surface area (Å²) in [6.45, 7) is 5.85. The number of ether oxygens (including phenoxy) is 1. The first-order valence-electron chi connectivity index (χ1n) is 6.56. The molecule has 120 valence electrons. The quantitative estimate of drug-likeness (QED) is 0.687. The Morgan fingerprint density at radius 2 is 2.00 bits per heavy atom. The third-order valence-corrected chi connectivity index (χ3v) is 3.79. The van der Waals surface area contributed by atoms with Crippen molar-refractivity contribution in [3.63, 3.8) is 0 Å². The predicted molar refractivity (Wildman–Crippen MR) is 90.4 cm³/mol. The third kappa shape index (κ3) is 7.69. The number of aromatic nitrogens is 2. The first kappa shape index (κ1) is 18.8. The molecular formula is C15H17Cl3N2O2. The summed E-state index contributed by atoms with van der Waals surface area (Å²) in [7, 11) is 0. The molecule has 0 radical (unpaired) electrons. The van der Waals surface area contributed by atoms with Crippen LogP contribution in [0.1, 0.15) is 19.2 Å². The van der Waals surface area contributed by atoms with Crippen LogP contribution in [-0.2, 0) is 0 Å². The molecule has 0 spiro atoms. The van der Waals surface area contributed by atoms with Crippen LogP contribution in [0.5, 0.6) is 5.75 Å². The van der Waals surface area contributed by atoms with Crippen molar-refractivity contribution in [2.75, 3.05) is 6.61 Å². The van der Waals surface area contributed by atoms with Gasteiger partial charge in [-0.3, -0.25) is 0 Å². The summed E-state index contributed by atoms with van der Waals surface area (Å²) in [6, 6.07) is 9.60. The Labute approximate surface area is 145 Å². The molecule has 7 heteroatoms. The summed E-state index contributed by atoms with van der Waals surface area (Å²) >= 11 is 17.2. The number of alkyl halides is 3.